The molecular weight excluding hydrogens is 354 g/mol. The van der Waals surface area contributed by atoms with Crippen LogP contribution < -0.4 is 5.43 Å². The number of nitrogens with zero attached hydrogens (tertiary/aromatic N) is 2. The number of hydrazone groups is 1. The van der Waals surface area contributed by atoms with E-state index < -0.39 is 4.92 Å². The molecule has 0 saturated carbocycles. The highest BCUT2D eigenvalue weighted by atomic mass is 35.5. The van der Waals surface area contributed by atoms with Crippen LogP contribution in [0.4, 0.5) is 5.69 Å². The minimum Gasteiger partial charge on any atom is -0.508 e. The normalized spacial score (nSPS) is 10.7. The van der Waals surface area contributed by atoms with Crippen LogP contribution in [0.25, 0.3) is 0 Å². The molecule has 0 heterocycles. The van der Waals surface area contributed by atoms with Crippen molar-refractivity contribution in [3.8, 4) is 5.75 Å². The number of carbonyl (C=O) groups is 1. The van der Waals surface area contributed by atoms with E-state index in [1.54, 1.807) is 24.3 Å². The van der Waals surface area contributed by atoms with Crippen molar-refractivity contribution in [3.05, 3.63) is 63.2 Å². The minimum atomic E-state index is -0.598. The predicted octanol–water partition coefficient (Wildman–Crippen LogP) is 3.20. The molecule has 24 heavy (non-hydrogen) atoms. The average molecular weight is 366 g/mol. The fourth-order valence-corrected chi connectivity index (χ4v) is 2.51. The van der Waals surface area contributed by atoms with Crippen molar-refractivity contribution in [3.63, 3.8) is 0 Å². The molecule has 7 nitrogen and oxygen atoms in total. The van der Waals surface area contributed by atoms with Gasteiger partial charge in [0.1, 0.15) is 5.75 Å². The monoisotopic (exact) mass is 365 g/mol. The topological polar surface area (TPSA) is 105 Å². The summed E-state index contributed by atoms with van der Waals surface area (Å²) in [6.07, 6.45) is 1.11. The van der Waals surface area contributed by atoms with Crippen LogP contribution in [0.5, 0.6) is 5.75 Å². The molecule has 1 amide bonds. The highest BCUT2D eigenvalue weighted by Gasteiger charge is 2.12. The lowest BCUT2D eigenvalue weighted by Crippen LogP contribution is -2.19. The van der Waals surface area contributed by atoms with E-state index in [-0.39, 0.29) is 28.7 Å². The molecule has 0 bridgehead atoms. The lowest BCUT2D eigenvalue weighted by Gasteiger charge is -2.01. The second-order valence-electron chi connectivity index (χ2n) is 4.54. The zero-order chi connectivity index (χ0) is 17.5. The summed E-state index contributed by atoms with van der Waals surface area (Å²) in [6.45, 7) is 0. The molecule has 2 aromatic carbocycles. The summed E-state index contributed by atoms with van der Waals surface area (Å²) in [6, 6.07) is 10.6. The maximum atomic E-state index is 11.7. The van der Waals surface area contributed by atoms with Crippen LogP contribution in [0.1, 0.15) is 5.56 Å². The van der Waals surface area contributed by atoms with Crippen molar-refractivity contribution in [2.45, 2.75) is 4.90 Å². The second-order valence-corrected chi connectivity index (χ2v) is 6.02. The van der Waals surface area contributed by atoms with Gasteiger partial charge in [-0.1, -0.05) is 11.6 Å². The molecule has 0 atom stereocenters. The van der Waals surface area contributed by atoms with Crippen molar-refractivity contribution >= 4 is 41.2 Å². The summed E-state index contributed by atoms with van der Waals surface area (Å²) in [7, 11) is 0. The Balaban J connectivity index is 1.91. The van der Waals surface area contributed by atoms with Crippen molar-refractivity contribution in [2.75, 3.05) is 5.75 Å². The SMILES string of the molecule is O=C(CSc1ccc(Cl)cc1)N/N=C\c1cc(O)ccc1[N+](=O)[O-]. The fraction of sp³-hybridized carbons (Fsp3) is 0.0667. The third-order valence-electron chi connectivity index (χ3n) is 2.78. The number of phenols is 1. The van der Waals surface area contributed by atoms with Gasteiger partial charge in [-0.2, -0.15) is 5.10 Å². The summed E-state index contributed by atoms with van der Waals surface area (Å²) in [4.78, 5) is 22.9. The molecule has 0 fully saturated rings. The number of thioether (sulfide) groups is 1. The molecule has 0 unspecified atom stereocenters. The van der Waals surface area contributed by atoms with Crippen LogP contribution in [0, 0.1) is 10.1 Å². The number of hydrogen-bond donors (Lipinski definition) is 2. The summed E-state index contributed by atoms with van der Waals surface area (Å²) in [5.41, 5.74) is 2.15. The van der Waals surface area contributed by atoms with Gasteiger partial charge in [0.15, 0.2) is 0 Å². The van der Waals surface area contributed by atoms with E-state index in [2.05, 4.69) is 10.5 Å². The standard InChI is InChI=1S/C15H12ClN3O4S/c16-11-1-4-13(5-2-11)24-9-15(21)18-17-8-10-7-12(20)3-6-14(10)19(22)23/h1-8,20H,9H2,(H,18,21)/b17-8-. The zero-order valence-corrected chi connectivity index (χ0v) is 13.8. The Morgan fingerprint density at radius 2 is 2.04 bits per heavy atom. The first-order valence-electron chi connectivity index (χ1n) is 6.63. The van der Waals surface area contributed by atoms with E-state index in [0.29, 0.717) is 5.02 Å². The Morgan fingerprint density at radius 1 is 1.33 bits per heavy atom. The highest BCUT2D eigenvalue weighted by Crippen LogP contribution is 2.22. The number of hydrogen-bond acceptors (Lipinski definition) is 6. The number of rotatable bonds is 6. The third kappa shape index (κ3) is 5.25. The molecule has 2 aromatic rings. The zero-order valence-electron chi connectivity index (χ0n) is 12.2. The molecule has 0 aliphatic heterocycles. The smallest absolute Gasteiger partial charge is 0.278 e. The fourth-order valence-electron chi connectivity index (χ4n) is 1.70. The number of benzene rings is 2. The first-order valence-corrected chi connectivity index (χ1v) is 8.00. The molecule has 0 aromatic heterocycles. The lowest BCUT2D eigenvalue weighted by atomic mass is 10.2. The predicted molar refractivity (Wildman–Crippen MR) is 92.7 cm³/mol. The Bertz CT molecular complexity index is 781. The van der Waals surface area contributed by atoms with Gasteiger partial charge in [-0.15, -0.1) is 11.8 Å². The maximum absolute atomic E-state index is 11.7. The van der Waals surface area contributed by atoms with E-state index in [0.717, 1.165) is 17.2 Å². The summed E-state index contributed by atoms with van der Waals surface area (Å²) < 4.78 is 0. The largest absolute Gasteiger partial charge is 0.508 e. The van der Waals surface area contributed by atoms with Crippen molar-refractivity contribution in [2.24, 2.45) is 5.10 Å². The van der Waals surface area contributed by atoms with E-state index in [4.69, 9.17) is 11.6 Å². The summed E-state index contributed by atoms with van der Waals surface area (Å²) >= 11 is 7.07. The minimum absolute atomic E-state index is 0.0886. The third-order valence-corrected chi connectivity index (χ3v) is 4.05. The Morgan fingerprint density at radius 3 is 2.71 bits per heavy atom. The van der Waals surface area contributed by atoms with Gasteiger partial charge in [0.05, 0.1) is 22.5 Å². The molecule has 2 rings (SSSR count). The average Bonchev–Trinajstić information content (AvgIpc) is 2.54. The molecular formula is C15H12ClN3O4S. The van der Waals surface area contributed by atoms with Crippen molar-refractivity contribution in [1.29, 1.82) is 0 Å². The number of nitro groups is 1. The van der Waals surface area contributed by atoms with Crippen LogP contribution in [0.15, 0.2) is 52.5 Å². The van der Waals surface area contributed by atoms with E-state index >= 15 is 0 Å². The highest BCUT2D eigenvalue weighted by molar-refractivity contribution is 8.00. The first kappa shape index (κ1) is 17.8. The van der Waals surface area contributed by atoms with Gasteiger partial charge >= 0.3 is 0 Å². The van der Waals surface area contributed by atoms with Gasteiger partial charge in [-0.25, -0.2) is 5.43 Å². The van der Waals surface area contributed by atoms with Gasteiger partial charge in [0, 0.05) is 16.0 Å². The van der Waals surface area contributed by atoms with E-state index in [9.17, 15) is 20.0 Å². The van der Waals surface area contributed by atoms with Gasteiger partial charge in [0.25, 0.3) is 5.69 Å². The number of nitro benzene ring substituents is 1. The number of aromatic hydroxyl groups is 1. The van der Waals surface area contributed by atoms with Gasteiger partial charge < -0.3 is 5.11 Å². The lowest BCUT2D eigenvalue weighted by molar-refractivity contribution is -0.385. The number of halogens is 1. The van der Waals surface area contributed by atoms with Crippen molar-refractivity contribution in [1.82, 2.24) is 5.43 Å². The second kappa shape index (κ2) is 8.32. The van der Waals surface area contributed by atoms with Gasteiger partial charge in [0.2, 0.25) is 5.91 Å². The van der Waals surface area contributed by atoms with E-state index in [1.165, 1.54) is 23.9 Å². The molecule has 9 heteroatoms. The molecule has 124 valence electrons. The van der Waals surface area contributed by atoms with Gasteiger partial charge in [-0.05, 0) is 36.4 Å². The quantitative estimate of drug-likeness (QED) is 0.354. The number of amides is 1. The number of phenolic OH excluding ortho intramolecular Hbond substituents is 1. The molecule has 0 aliphatic carbocycles. The van der Waals surface area contributed by atoms with Gasteiger partial charge in [-0.3, -0.25) is 14.9 Å². The van der Waals surface area contributed by atoms with Crippen LogP contribution in [0.2, 0.25) is 5.02 Å². The van der Waals surface area contributed by atoms with Crippen LogP contribution in [-0.2, 0) is 4.79 Å². The Kier molecular flexibility index (Phi) is 6.16. The van der Waals surface area contributed by atoms with E-state index in [1.807, 2.05) is 0 Å². The maximum Gasteiger partial charge on any atom is 0.278 e. The van der Waals surface area contributed by atoms with Crippen LogP contribution in [0.3, 0.4) is 0 Å². The molecule has 2 N–H and O–H groups in total. The first-order chi connectivity index (χ1) is 11.5. The summed E-state index contributed by atoms with van der Waals surface area (Å²) in [5.74, 6) is -0.373. The molecule has 0 spiro atoms. The Labute approximate surface area is 146 Å². The molecule has 0 aliphatic rings. The number of carbonyl (C=O) groups excluding carboxylic acids is 1. The van der Waals surface area contributed by atoms with Crippen LogP contribution in [-0.4, -0.2) is 27.9 Å². The molecule has 0 saturated heterocycles. The number of nitrogens with one attached hydrogen (secondary N) is 1. The molecule has 0 radical (unpaired) electrons. The Hall–Kier alpha value is -2.58. The van der Waals surface area contributed by atoms with Crippen LogP contribution >= 0.6 is 23.4 Å². The van der Waals surface area contributed by atoms with Crippen molar-refractivity contribution < 1.29 is 14.8 Å². The summed E-state index contributed by atoms with van der Waals surface area (Å²) in [5, 5.41) is 24.5.